The van der Waals surface area contributed by atoms with E-state index < -0.39 is 14.3 Å². The molecule has 0 bridgehead atoms. The maximum atomic E-state index is 14.5. The topological polar surface area (TPSA) is 85.7 Å². The Morgan fingerprint density at radius 2 is 0.672 bits per heavy atom. The Morgan fingerprint density at radius 1 is 0.345 bits per heavy atom. The summed E-state index contributed by atoms with van der Waals surface area (Å²) in [4.78, 5) is 20.9. The molecular weight excluding hydrogens is 751 g/mol. The van der Waals surface area contributed by atoms with Crippen LogP contribution in [0.15, 0.2) is 146 Å². The Bertz CT molecular complexity index is 3110. The predicted octanol–water partition coefficient (Wildman–Crippen LogP) is 12.6. The van der Waals surface area contributed by atoms with E-state index in [0.29, 0.717) is 24.6 Å². The number of hydrogen-bond acceptors (Lipinski definition) is 6. The first kappa shape index (κ1) is 37.8. The van der Waals surface area contributed by atoms with E-state index in [9.17, 15) is 9.13 Å². The van der Waals surface area contributed by atoms with Gasteiger partial charge >= 0.3 is 0 Å². The highest BCUT2D eigenvalue weighted by Gasteiger charge is 2.23. The van der Waals surface area contributed by atoms with E-state index in [4.69, 9.17) is 19.9 Å². The summed E-state index contributed by atoms with van der Waals surface area (Å²) in [5, 5.41) is 5.74. The standard InChI is InChI=1S/C50H44N4O2P2/c1-5-57(55,6-2)41-24-18-34(19-25-41)44-27-21-36-15-17-38-23-29-46(54-50(38)48(36)52-44)40-30-39(31-42(32-40)58(56,7-3)8-4)45-28-22-37-16-14-35-20-26-43(33-12-10-9-11-13-33)51-47(35)49(37)53-45/h9-32H,5-8H2,1-4H3. The van der Waals surface area contributed by atoms with Gasteiger partial charge in [-0.3, -0.25) is 0 Å². The molecular formula is C50H44N4O2P2. The fraction of sp³-hybridized carbons (Fsp3) is 0.160. The van der Waals surface area contributed by atoms with Crippen molar-refractivity contribution in [3.8, 4) is 45.0 Å². The van der Waals surface area contributed by atoms with E-state index in [1.165, 1.54) is 0 Å². The molecule has 0 unspecified atom stereocenters. The minimum absolute atomic E-state index is 0.562. The highest BCUT2D eigenvalue weighted by Crippen LogP contribution is 2.46. The van der Waals surface area contributed by atoms with Gasteiger partial charge in [-0.2, -0.15) is 0 Å². The smallest absolute Gasteiger partial charge is 0.115 e. The quantitative estimate of drug-likeness (QED) is 0.101. The van der Waals surface area contributed by atoms with E-state index in [1.807, 2.05) is 88.4 Å². The van der Waals surface area contributed by atoms with Gasteiger partial charge in [0.2, 0.25) is 0 Å². The zero-order valence-corrected chi connectivity index (χ0v) is 35.0. The molecule has 0 aliphatic rings. The monoisotopic (exact) mass is 794 g/mol. The van der Waals surface area contributed by atoms with Crippen molar-refractivity contribution >= 4 is 68.5 Å². The summed E-state index contributed by atoms with van der Waals surface area (Å²) in [6, 6.07) is 49.4. The average molecular weight is 795 g/mol. The Balaban J connectivity index is 1.18. The highest BCUT2D eigenvalue weighted by molar-refractivity contribution is 7.71. The van der Waals surface area contributed by atoms with Crippen LogP contribution in [0, 0.1) is 0 Å². The summed E-state index contributed by atoms with van der Waals surface area (Å²) >= 11 is 0. The van der Waals surface area contributed by atoms with E-state index in [-0.39, 0.29) is 0 Å². The van der Waals surface area contributed by atoms with Crippen LogP contribution in [-0.4, -0.2) is 44.6 Å². The molecule has 8 heteroatoms. The van der Waals surface area contributed by atoms with E-state index in [0.717, 1.165) is 99.3 Å². The van der Waals surface area contributed by atoms with Gasteiger partial charge in [-0.05, 0) is 42.5 Å². The second-order valence-corrected chi connectivity index (χ2v) is 22.0. The number of fused-ring (bicyclic) bond motifs is 6. The van der Waals surface area contributed by atoms with Gasteiger partial charge in [0.05, 0.1) is 44.8 Å². The van der Waals surface area contributed by atoms with E-state index in [2.05, 4.69) is 84.9 Å². The molecule has 286 valence electrons. The molecule has 4 aromatic heterocycles. The lowest BCUT2D eigenvalue weighted by molar-refractivity contribution is 0.581. The van der Waals surface area contributed by atoms with Crippen LogP contribution in [-0.2, 0) is 9.13 Å². The van der Waals surface area contributed by atoms with Gasteiger partial charge in [-0.15, -0.1) is 0 Å². The predicted molar refractivity (Wildman–Crippen MR) is 246 cm³/mol. The summed E-state index contributed by atoms with van der Waals surface area (Å²) in [6.45, 7) is 8.02. The van der Waals surface area contributed by atoms with Crippen LogP contribution in [0.3, 0.4) is 0 Å². The molecule has 0 fully saturated rings. The molecule has 0 atom stereocenters. The maximum absolute atomic E-state index is 14.5. The summed E-state index contributed by atoms with van der Waals surface area (Å²) in [6.07, 6.45) is 2.43. The molecule has 9 rings (SSSR count). The van der Waals surface area contributed by atoms with Gasteiger partial charge in [0.1, 0.15) is 14.3 Å². The number of hydrogen-bond donors (Lipinski definition) is 0. The van der Waals surface area contributed by atoms with Crippen LogP contribution < -0.4 is 10.6 Å². The molecule has 0 N–H and O–H groups in total. The van der Waals surface area contributed by atoms with Crippen LogP contribution in [0.25, 0.3) is 88.6 Å². The number of aromatic nitrogens is 4. The Kier molecular flexibility index (Phi) is 9.88. The lowest BCUT2D eigenvalue weighted by Crippen LogP contribution is -2.10. The summed E-state index contributed by atoms with van der Waals surface area (Å²) in [7, 11) is -5.08. The zero-order valence-electron chi connectivity index (χ0n) is 33.2. The van der Waals surface area contributed by atoms with Gasteiger partial charge < -0.3 is 9.13 Å². The highest BCUT2D eigenvalue weighted by atomic mass is 31.2. The molecule has 6 nitrogen and oxygen atoms in total. The minimum atomic E-state index is -2.70. The lowest BCUT2D eigenvalue weighted by atomic mass is 10.0. The first-order valence-corrected chi connectivity index (χ1v) is 24.3. The SMILES string of the molecule is CCP(=O)(CC)c1ccc(-c2ccc3ccc4ccc(-c5cc(-c6ccc7ccc8ccc(-c9ccccc9)nc8c7n6)cc(P(=O)(CC)CC)c5)nc4c3n2)cc1. The van der Waals surface area contributed by atoms with Crippen molar-refractivity contribution in [2.45, 2.75) is 27.7 Å². The van der Waals surface area contributed by atoms with Crippen molar-refractivity contribution < 1.29 is 9.13 Å². The molecule has 0 spiro atoms. The zero-order chi connectivity index (χ0) is 40.0. The molecule has 5 aromatic carbocycles. The molecule has 4 heterocycles. The first-order valence-electron chi connectivity index (χ1n) is 20.1. The first-order chi connectivity index (χ1) is 28.2. The van der Waals surface area contributed by atoms with Crippen molar-refractivity contribution in [3.63, 3.8) is 0 Å². The molecule has 0 saturated carbocycles. The fourth-order valence-electron chi connectivity index (χ4n) is 8.01. The van der Waals surface area contributed by atoms with Crippen LogP contribution in [0.5, 0.6) is 0 Å². The molecule has 0 radical (unpaired) electrons. The van der Waals surface area contributed by atoms with Crippen LogP contribution in [0.2, 0.25) is 0 Å². The summed E-state index contributed by atoms with van der Waals surface area (Å²) < 4.78 is 27.9. The van der Waals surface area contributed by atoms with Gasteiger partial charge in [-0.1, -0.05) is 131 Å². The number of pyridine rings is 4. The Morgan fingerprint density at radius 3 is 1.05 bits per heavy atom. The van der Waals surface area contributed by atoms with Gasteiger partial charge in [0, 0.05) is 79.1 Å². The Hall–Kier alpha value is -5.80. The molecule has 0 amide bonds. The molecule has 0 aliphatic heterocycles. The number of benzene rings is 5. The van der Waals surface area contributed by atoms with Gasteiger partial charge in [0.25, 0.3) is 0 Å². The second-order valence-electron chi connectivity index (χ2n) is 14.9. The van der Waals surface area contributed by atoms with Crippen molar-refractivity contribution in [1.29, 1.82) is 0 Å². The molecule has 0 aliphatic carbocycles. The third-order valence-electron chi connectivity index (χ3n) is 11.8. The van der Waals surface area contributed by atoms with Crippen molar-refractivity contribution in [2.75, 3.05) is 24.6 Å². The molecule has 0 saturated heterocycles. The minimum Gasteiger partial charge on any atom is -0.319 e. The van der Waals surface area contributed by atoms with E-state index in [1.54, 1.807) is 0 Å². The average Bonchev–Trinajstić information content (AvgIpc) is 3.30. The van der Waals surface area contributed by atoms with Gasteiger partial charge in [-0.25, -0.2) is 19.9 Å². The summed E-state index contributed by atoms with van der Waals surface area (Å²) in [5.74, 6) is 0. The van der Waals surface area contributed by atoms with Crippen molar-refractivity contribution in [1.82, 2.24) is 19.9 Å². The maximum Gasteiger partial charge on any atom is 0.115 e. The van der Waals surface area contributed by atoms with Gasteiger partial charge in [0.15, 0.2) is 0 Å². The lowest BCUT2D eigenvalue weighted by Gasteiger charge is -2.18. The number of nitrogens with zero attached hydrogens (tertiary/aromatic N) is 4. The molecule has 9 aromatic rings. The normalized spacial score (nSPS) is 12.2. The molecule has 58 heavy (non-hydrogen) atoms. The summed E-state index contributed by atoms with van der Waals surface area (Å²) in [5.41, 5.74) is 10.3. The number of rotatable bonds is 10. The van der Waals surface area contributed by atoms with Crippen LogP contribution >= 0.6 is 14.3 Å². The van der Waals surface area contributed by atoms with Crippen LogP contribution in [0.4, 0.5) is 0 Å². The third-order valence-corrected chi connectivity index (χ3v) is 18.3. The van der Waals surface area contributed by atoms with Crippen molar-refractivity contribution in [2.24, 2.45) is 0 Å². The van der Waals surface area contributed by atoms with Crippen molar-refractivity contribution in [3.05, 3.63) is 146 Å². The van der Waals surface area contributed by atoms with Crippen LogP contribution in [0.1, 0.15) is 27.7 Å². The fourth-order valence-corrected chi connectivity index (χ4v) is 11.8. The second kappa shape index (κ2) is 15.2. The third kappa shape index (κ3) is 6.75. The Labute approximate surface area is 339 Å². The largest absolute Gasteiger partial charge is 0.319 e. The van der Waals surface area contributed by atoms with E-state index >= 15 is 0 Å².